The van der Waals surface area contributed by atoms with Crippen molar-refractivity contribution in [3.8, 4) is 0 Å². The van der Waals surface area contributed by atoms with E-state index in [9.17, 15) is 8.42 Å². The molecule has 0 aromatic heterocycles. The lowest BCUT2D eigenvalue weighted by Crippen LogP contribution is -2.39. The minimum Gasteiger partial charge on any atom is -0.228 e. The van der Waals surface area contributed by atoms with Gasteiger partial charge in [0, 0.05) is 0 Å². The summed E-state index contributed by atoms with van der Waals surface area (Å²) in [7, 11) is -3.37. The van der Waals surface area contributed by atoms with E-state index >= 15 is 0 Å². The summed E-state index contributed by atoms with van der Waals surface area (Å²) in [6.07, 6.45) is 4.52. The third-order valence-electron chi connectivity index (χ3n) is 3.01. The van der Waals surface area contributed by atoms with Crippen molar-refractivity contribution >= 4 is 10.0 Å². The summed E-state index contributed by atoms with van der Waals surface area (Å²) in [6, 6.07) is 0. The molecule has 0 saturated heterocycles. The molecule has 0 aromatic carbocycles. The molecule has 3 nitrogen and oxygen atoms in total. The molecule has 3 atom stereocenters. The average molecular weight is 203 g/mol. The smallest absolute Gasteiger partial charge is 0.212 e. The molecule has 1 aliphatic rings. The normalized spacial score (nSPS) is 35.7. The lowest BCUT2D eigenvalue weighted by atomic mass is 9.80. The highest BCUT2D eigenvalue weighted by atomic mass is 32.2. The SMILES string of the molecule is C=C[C@H]1CCC[C@H](S(N)(=O)=O)[C@@H]1C. The predicted molar refractivity (Wildman–Crippen MR) is 53.6 cm³/mol. The number of hydrogen-bond donors (Lipinski definition) is 1. The summed E-state index contributed by atoms with van der Waals surface area (Å²) >= 11 is 0. The lowest BCUT2D eigenvalue weighted by molar-refractivity contribution is 0.307. The van der Waals surface area contributed by atoms with E-state index in [2.05, 4.69) is 6.58 Å². The molecule has 1 aliphatic carbocycles. The van der Waals surface area contributed by atoms with Crippen molar-refractivity contribution in [2.45, 2.75) is 31.4 Å². The largest absolute Gasteiger partial charge is 0.228 e. The highest BCUT2D eigenvalue weighted by Crippen LogP contribution is 2.33. The Morgan fingerprint density at radius 3 is 2.54 bits per heavy atom. The minimum absolute atomic E-state index is 0.112. The maximum atomic E-state index is 11.2. The molecule has 13 heavy (non-hydrogen) atoms. The second-order valence-electron chi connectivity index (χ2n) is 3.82. The second-order valence-corrected chi connectivity index (χ2v) is 5.60. The van der Waals surface area contributed by atoms with Crippen LogP contribution in [0.3, 0.4) is 0 Å². The molecule has 1 saturated carbocycles. The van der Waals surface area contributed by atoms with Crippen molar-refractivity contribution < 1.29 is 8.42 Å². The van der Waals surface area contributed by atoms with Gasteiger partial charge in [0.15, 0.2) is 0 Å². The van der Waals surface area contributed by atoms with Crippen LogP contribution in [0.1, 0.15) is 26.2 Å². The van der Waals surface area contributed by atoms with Gasteiger partial charge in [0.25, 0.3) is 0 Å². The molecule has 4 heteroatoms. The third kappa shape index (κ3) is 2.31. The van der Waals surface area contributed by atoms with Gasteiger partial charge in [0.1, 0.15) is 0 Å². The zero-order valence-electron chi connectivity index (χ0n) is 7.94. The molecule has 0 spiro atoms. The fraction of sp³-hybridized carbons (Fsp3) is 0.778. The topological polar surface area (TPSA) is 60.2 Å². The number of sulfonamides is 1. The summed E-state index contributed by atoms with van der Waals surface area (Å²) in [5.41, 5.74) is 0. The summed E-state index contributed by atoms with van der Waals surface area (Å²) in [6.45, 7) is 5.66. The molecule has 1 fully saturated rings. The van der Waals surface area contributed by atoms with Crippen LogP contribution < -0.4 is 5.14 Å². The van der Waals surface area contributed by atoms with E-state index in [1.54, 1.807) is 0 Å². The molecule has 76 valence electrons. The predicted octanol–water partition coefficient (Wildman–Crippen LogP) is 1.27. The number of rotatable bonds is 2. The number of primary sulfonamides is 1. The first-order valence-corrected chi connectivity index (χ1v) is 6.22. The van der Waals surface area contributed by atoms with Crippen LogP contribution in [0.25, 0.3) is 0 Å². The Morgan fingerprint density at radius 2 is 2.08 bits per heavy atom. The first-order chi connectivity index (χ1) is 5.96. The highest BCUT2D eigenvalue weighted by Gasteiger charge is 2.34. The minimum atomic E-state index is -3.37. The Bertz CT molecular complexity index is 284. The molecule has 1 rings (SSSR count). The molecule has 0 amide bonds. The van der Waals surface area contributed by atoms with Gasteiger partial charge in [-0.1, -0.05) is 19.4 Å². The number of nitrogens with two attached hydrogens (primary N) is 1. The lowest BCUT2D eigenvalue weighted by Gasteiger charge is -2.32. The van der Waals surface area contributed by atoms with Crippen LogP contribution in [-0.4, -0.2) is 13.7 Å². The van der Waals surface area contributed by atoms with Gasteiger partial charge in [-0.2, -0.15) is 0 Å². The standard InChI is InChI=1S/C9H17NO2S/c1-3-8-5-4-6-9(7(8)2)13(10,11)12/h3,7-9H,1,4-6H2,2H3,(H2,10,11,12)/t7-,8+,9+/m1/s1. The van der Waals surface area contributed by atoms with E-state index in [0.29, 0.717) is 12.3 Å². The Labute approximate surface area is 80.1 Å². The Balaban J connectivity index is 2.82. The highest BCUT2D eigenvalue weighted by molar-refractivity contribution is 7.89. The molecular weight excluding hydrogens is 186 g/mol. The van der Waals surface area contributed by atoms with Gasteiger partial charge in [-0.05, 0) is 24.7 Å². The van der Waals surface area contributed by atoms with Crippen LogP contribution in [0.5, 0.6) is 0 Å². The molecule has 0 aromatic rings. The molecule has 0 heterocycles. The van der Waals surface area contributed by atoms with Crippen molar-refractivity contribution in [3.63, 3.8) is 0 Å². The summed E-state index contributed by atoms with van der Waals surface area (Å²) in [5.74, 6) is 0.415. The van der Waals surface area contributed by atoms with E-state index < -0.39 is 10.0 Å². The zero-order valence-corrected chi connectivity index (χ0v) is 8.76. The number of hydrogen-bond acceptors (Lipinski definition) is 2. The average Bonchev–Trinajstić information content (AvgIpc) is 2.02. The van der Waals surface area contributed by atoms with Gasteiger partial charge in [-0.15, -0.1) is 6.58 Å². The zero-order chi connectivity index (χ0) is 10.1. The molecule has 0 radical (unpaired) electrons. The summed E-state index contributed by atoms with van der Waals surface area (Å²) < 4.78 is 22.4. The fourth-order valence-corrected chi connectivity index (χ4v) is 3.45. The van der Waals surface area contributed by atoms with Crippen LogP contribution in [0.4, 0.5) is 0 Å². The van der Waals surface area contributed by atoms with Gasteiger partial charge >= 0.3 is 0 Å². The van der Waals surface area contributed by atoms with Gasteiger partial charge < -0.3 is 0 Å². The van der Waals surface area contributed by atoms with E-state index in [1.807, 2.05) is 13.0 Å². The van der Waals surface area contributed by atoms with E-state index in [-0.39, 0.29) is 11.2 Å². The van der Waals surface area contributed by atoms with Gasteiger partial charge in [0.2, 0.25) is 10.0 Å². The Kier molecular flexibility index (Phi) is 3.14. The van der Waals surface area contributed by atoms with Crippen LogP contribution in [0.2, 0.25) is 0 Å². The first-order valence-electron chi connectivity index (χ1n) is 4.61. The summed E-state index contributed by atoms with van der Waals surface area (Å²) in [4.78, 5) is 0. The van der Waals surface area contributed by atoms with E-state index in [0.717, 1.165) is 12.8 Å². The monoisotopic (exact) mass is 203 g/mol. The van der Waals surface area contributed by atoms with Crippen molar-refractivity contribution in [3.05, 3.63) is 12.7 Å². The van der Waals surface area contributed by atoms with Gasteiger partial charge in [-0.3, -0.25) is 0 Å². The fourth-order valence-electron chi connectivity index (χ4n) is 2.15. The second kappa shape index (κ2) is 3.80. The molecule has 0 aliphatic heterocycles. The van der Waals surface area contributed by atoms with E-state index in [1.165, 1.54) is 0 Å². The van der Waals surface area contributed by atoms with Crippen molar-refractivity contribution in [2.24, 2.45) is 17.0 Å². The van der Waals surface area contributed by atoms with Crippen molar-refractivity contribution in [1.82, 2.24) is 0 Å². The molecule has 2 N–H and O–H groups in total. The van der Waals surface area contributed by atoms with Crippen molar-refractivity contribution in [2.75, 3.05) is 0 Å². The van der Waals surface area contributed by atoms with Gasteiger partial charge in [0.05, 0.1) is 5.25 Å². The number of allylic oxidation sites excluding steroid dienone is 1. The molecule has 0 unspecified atom stereocenters. The van der Waals surface area contributed by atoms with Crippen LogP contribution in [0.15, 0.2) is 12.7 Å². The maximum absolute atomic E-state index is 11.2. The van der Waals surface area contributed by atoms with Crippen LogP contribution in [-0.2, 0) is 10.0 Å². The summed E-state index contributed by atoms with van der Waals surface area (Å²) in [5, 5.41) is 4.78. The molecule has 0 bridgehead atoms. The Hall–Kier alpha value is -0.350. The Morgan fingerprint density at radius 1 is 1.46 bits per heavy atom. The van der Waals surface area contributed by atoms with Gasteiger partial charge in [-0.25, -0.2) is 13.6 Å². The first kappa shape index (κ1) is 10.7. The van der Waals surface area contributed by atoms with Crippen LogP contribution >= 0.6 is 0 Å². The van der Waals surface area contributed by atoms with Crippen LogP contribution in [0, 0.1) is 11.8 Å². The maximum Gasteiger partial charge on any atom is 0.212 e. The third-order valence-corrected chi connectivity index (χ3v) is 4.52. The quantitative estimate of drug-likeness (QED) is 0.687. The van der Waals surface area contributed by atoms with Crippen molar-refractivity contribution in [1.29, 1.82) is 0 Å². The van der Waals surface area contributed by atoms with E-state index in [4.69, 9.17) is 5.14 Å². The molecular formula is C9H17NO2S.